The highest BCUT2D eigenvalue weighted by Gasteiger charge is 2.09. The quantitative estimate of drug-likeness (QED) is 0.306. The predicted octanol–water partition coefficient (Wildman–Crippen LogP) is 3.74. The van der Waals surface area contributed by atoms with Crippen molar-refractivity contribution >= 4 is 5.78 Å². The van der Waals surface area contributed by atoms with Gasteiger partial charge in [0, 0.05) is 12.8 Å². The number of allylic oxidation sites excluding steroid dienone is 3. The van der Waals surface area contributed by atoms with Crippen molar-refractivity contribution in [3.8, 4) is 0 Å². The molecule has 0 fully saturated rings. The minimum Gasteiger partial charge on any atom is -0.505 e. The maximum Gasteiger partial charge on any atom is 0.156 e. The van der Waals surface area contributed by atoms with E-state index in [2.05, 4.69) is 13.5 Å². The Balaban J connectivity index is 3.80. The second kappa shape index (κ2) is 11.3. The van der Waals surface area contributed by atoms with Crippen LogP contribution in [0.2, 0.25) is 0 Å². The van der Waals surface area contributed by atoms with Crippen LogP contribution in [0.25, 0.3) is 0 Å². The summed E-state index contributed by atoms with van der Waals surface area (Å²) in [6.45, 7) is 5.27. The van der Waals surface area contributed by atoms with Crippen LogP contribution < -0.4 is 0 Å². The fraction of sp³-hybridized carbons (Fsp3) is 0.562. The SMILES string of the molecule is C=C(O)/C(O)=C\C=C\CCC(=O)CC(O)CCCCC. The van der Waals surface area contributed by atoms with Crippen molar-refractivity contribution in [2.24, 2.45) is 0 Å². The first-order valence-electron chi connectivity index (χ1n) is 7.11. The number of Topliss-reactive ketones (excluding diaryl/α,β-unsaturated/α-hetero) is 1. The first-order chi connectivity index (χ1) is 9.47. The van der Waals surface area contributed by atoms with Gasteiger partial charge in [-0.1, -0.05) is 44.9 Å². The summed E-state index contributed by atoms with van der Waals surface area (Å²) in [4.78, 5) is 11.6. The molecule has 114 valence electrons. The highest BCUT2D eigenvalue weighted by molar-refractivity contribution is 5.78. The molecule has 3 N–H and O–H groups in total. The lowest BCUT2D eigenvalue weighted by Crippen LogP contribution is -2.13. The topological polar surface area (TPSA) is 77.8 Å². The predicted molar refractivity (Wildman–Crippen MR) is 80.6 cm³/mol. The van der Waals surface area contributed by atoms with E-state index in [-0.39, 0.29) is 23.7 Å². The molecule has 0 aliphatic rings. The normalized spacial score (nSPS) is 13.6. The Labute approximate surface area is 121 Å². The van der Waals surface area contributed by atoms with Gasteiger partial charge in [0.25, 0.3) is 0 Å². The van der Waals surface area contributed by atoms with Crippen molar-refractivity contribution < 1.29 is 20.1 Å². The average molecular weight is 282 g/mol. The van der Waals surface area contributed by atoms with Gasteiger partial charge >= 0.3 is 0 Å². The van der Waals surface area contributed by atoms with Crippen molar-refractivity contribution in [2.75, 3.05) is 0 Å². The Bertz CT molecular complexity index is 355. The highest BCUT2D eigenvalue weighted by atomic mass is 16.3. The van der Waals surface area contributed by atoms with Gasteiger partial charge in [-0.2, -0.15) is 0 Å². The van der Waals surface area contributed by atoms with Crippen LogP contribution in [-0.4, -0.2) is 27.2 Å². The average Bonchev–Trinajstić information content (AvgIpc) is 2.38. The molecular weight excluding hydrogens is 256 g/mol. The van der Waals surface area contributed by atoms with Gasteiger partial charge in [-0.25, -0.2) is 0 Å². The third-order valence-corrected chi connectivity index (χ3v) is 2.88. The van der Waals surface area contributed by atoms with Crippen LogP contribution in [0.4, 0.5) is 0 Å². The summed E-state index contributed by atoms with van der Waals surface area (Å²) in [6.07, 6.45) is 9.02. The molecule has 4 nitrogen and oxygen atoms in total. The number of carbonyl (C=O) groups is 1. The molecule has 1 unspecified atom stereocenters. The summed E-state index contributed by atoms with van der Waals surface area (Å²) in [7, 11) is 0. The molecule has 0 saturated heterocycles. The summed E-state index contributed by atoms with van der Waals surface area (Å²) in [5.74, 6) is -0.640. The van der Waals surface area contributed by atoms with Crippen molar-refractivity contribution in [1.82, 2.24) is 0 Å². The second-order valence-electron chi connectivity index (χ2n) is 4.86. The molecule has 0 aliphatic heterocycles. The lowest BCUT2D eigenvalue weighted by molar-refractivity contribution is -0.120. The molecule has 20 heavy (non-hydrogen) atoms. The number of ketones is 1. The van der Waals surface area contributed by atoms with Crippen molar-refractivity contribution in [2.45, 2.75) is 58.0 Å². The number of carbonyl (C=O) groups excluding carboxylic acids is 1. The summed E-state index contributed by atoms with van der Waals surface area (Å²) < 4.78 is 0. The van der Waals surface area contributed by atoms with E-state index in [1.165, 1.54) is 6.08 Å². The van der Waals surface area contributed by atoms with E-state index in [1.807, 2.05) is 0 Å². The van der Waals surface area contributed by atoms with Crippen molar-refractivity contribution in [1.29, 1.82) is 0 Å². The van der Waals surface area contributed by atoms with E-state index in [0.717, 1.165) is 19.3 Å². The summed E-state index contributed by atoms with van der Waals surface area (Å²) >= 11 is 0. The number of hydrogen-bond donors (Lipinski definition) is 3. The summed E-state index contributed by atoms with van der Waals surface area (Å²) in [5, 5.41) is 27.6. The van der Waals surface area contributed by atoms with E-state index < -0.39 is 6.10 Å². The molecule has 0 aromatic heterocycles. The number of rotatable bonds is 11. The molecular formula is C16H26O4. The standard InChI is InChI=1S/C16H26O4/c1-3-4-6-9-14(18)12-15(19)10-7-5-8-11-16(20)13(2)17/h5,8,11,14,17-18,20H,2-4,6-7,9-10,12H2,1H3/b8-5+,16-11+. The van der Waals surface area contributed by atoms with Crippen LogP contribution in [0.15, 0.2) is 36.3 Å². The van der Waals surface area contributed by atoms with Crippen molar-refractivity contribution in [3.63, 3.8) is 0 Å². The van der Waals surface area contributed by atoms with Crippen LogP contribution in [0.1, 0.15) is 51.9 Å². The van der Waals surface area contributed by atoms with Gasteiger partial charge in [0.2, 0.25) is 0 Å². The molecule has 0 aliphatic carbocycles. The molecule has 0 amide bonds. The molecule has 0 bridgehead atoms. The summed E-state index contributed by atoms with van der Waals surface area (Å²) in [5.41, 5.74) is 0. The minimum atomic E-state index is -0.528. The van der Waals surface area contributed by atoms with Gasteiger partial charge in [0.1, 0.15) is 11.5 Å². The number of aliphatic hydroxyl groups is 3. The molecule has 1 atom stereocenters. The second-order valence-corrected chi connectivity index (χ2v) is 4.86. The van der Waals surface area contributed by atoms with E-state index >= 15 is 0 Å². The smallest absolute Gasteiger partial charge is 0.156 e. The largest absolute Gasteiger partial charge is 0.505 e. The van der Waals surface area contributed by atoms with Gasteiger partial charge in [0.05, 0.1) is 6.10 Å². The van der Waals surface area contributed by atoms with Gasteiger partial charge in [-0.15, -0.1) is 0 Å². The fourth-order valence-electron chi connectivity index (χ4n) is 1.69. The molecule has 0 aromatic carbocycles. The van der Waals surface area contributed by atoms with Crippen LogP contribution in [-0.2, 0) is 4.79 Å². The Hall–Kier alpha value is -1.55. The van der Waals surface area contributed by atoms with Gasteiger partial charge < -0.3 is 15.3 Å². The molecule has 0 rings (SSSR count). The van der Waals surface area contributed by atoms with Gasteiger partial charge in [-0.3, -0.25) is 4.79 Å². The first-order valence-corrected chi connectivity index (χ1v) is 7.11. The maximum absolute atomic E-state index is 11.6. The van der Waals surface area contributed by atoms with Crippen LogP contribution in [0.5, 0.6) is 0 Å². The Morgan fingerprint density at radius 3 is 2.60 bits per heavy atom. The zero-order valence-electron chi connectivity index (χ0n) is 12.2. The number of aliphatic hydroxyl groups excluding tert-OH is 3. The fourth-order valence-corrected chi connectivity index (χ4v) is 1.69. The molecule has 0 aromatic rings. The Morgan fingerprint density at radius 2 is 2.00 bits per heavy atom. The summed E-state index contributed by atoms with van der Waals surface area (Å²) in [6, 6.07) is 0. The number of unbranched alkanes of at least 4 members (excludes halogenated alkanes) is 2. The monoisotopic (exact) mass is 282 g/mol. The Kier molecular flexibility index (Phi) is 10.4. The lowest BCUT2D eigenvalue weighted by Gasteiger charge is -2.08. The van der Waals surface area contributed by atoms with Gasteiger partial charge in [0.15, 0.2) is 5.76 Å². The van der Waals surface area contributed by atoms with Gasteiger partial charge in [-0.05, 0) is 18.9 Å². The minimum absolute atomic E-state index is 0.0402. The van der Waals surface area contributed by atoms with Crippen LogP contribution >= 0.6 is 0 Å². The molecule has 0 heterocycles. The molecule has 0 spiro atoms. The third kappa shape index (κ3) is 10.4. The van der Waals surface area contributed by atoms with Crippen LogP contribution in [0, 0.1) is 0 Å². The van der Waals surface area contributed by atoms with E-state index in [9.17, 15) is 9.90 Å². The zero-order valence-corrected chi connectivity index (χ0v) is 12.2. The highest BCUT2D eigenvalue weighted by Crippen LogP contribution is 2.09. The molecule has 4 heteroatoms. The van der Waals surface area contributed by atoms with Crippen molar-refractivity contribution in [3.05, 3.63) is 36.3 Å². The zero-order chi connectivity index (χ0) is 15.4. The lowest BCUT2D eigenvalue weighted by atomic mass is 10.0. The van der Waals surface area contributed by atoms with E-state index in [0.29, 0.717) is 19.3 Å². The molecule has 0 radical (unpaired) electrons. The maximum atomic E-state index is 11.6. The van der Waals surface area contributed by atoms with E-state index in [4.69, 9.17) is 10.2 Å². The number of hydrogen-bond acceptors (Lipinski definition) is 4. The van der Waals surface area contributed by atoms with E-state index in [1.54, 1.807) is 12.2 Å². The first kappa shape index (κ1) is 18.4. The van der Waals surface area contributed by atoms with Crippen LogP contribution in [0.3, 0.4) is 0 Å². The molecule has 0 saturated carbocycles. The Morgan fingerprint density at radius 1 is 1.30 bits per heavy atom. The third-order valence-electron chi connectivity index (χ3n) is 2.88.